The third-order valence-electron chi connectivity index (χ3n) is 5.16. The van der Waals surface area contributed by atoms with Crippen molar-refractivity contribution >= 4 is 23.5 Å². The summed E-state index contributed by atoms with van der Waals surface area (Å²) >= 11 is 0. The molecule has 8 nitrogen and oxygen atoms in total. The summed E-state index contributed by atoms with van der Waals surface area (Å²) in [5, 5.41) is 2.87. The van der Waals surface area contributed by atoms with Crippen LogP contribution in [-0.2, 0) is 19.1 Å². The lowest BCUT2D eigenvalue weighted by atomic mass is 10.0. The summed E-state index contributed by atoms with van der Waals surface area (Å²) in [5.74, 6) is -12.3. The van der Waals surface area contributed by atoms with Gasteiger partial charge in [-0.25, -0.2) is 13.6 Å². The van der Waals surface area contributed by atoms with Crippen molar-refractivity contribution in [1.82, 2.24) is 5.32 Å². The zero-order chi connectivity index (χ0) is 27.7. The molecule has 0 spiro atoms. The summed E-state index contributed by atoms with van der Waals surface area (Å²) in [7, 11) is 0. The maximum Gasteiger partial charge on any atom is 0.331 e. The highest BCUT2D eigenvalue weighted by atomic mass is 19.2. The van der Waals surface area contributed by atoms with Crippen LogP contribution in [-0.4, -0.2) is 42.3 Å². The van der Waals surface area contributed by atoms with Crippen LogP contribution in [0.5, 0.6) is 5.75 Å². The first-order chi connectivity index (χ1) is 17.4. The van der Waals surface area contributed by atoms with Crippen molar-refractivity contribution in [1.29, 1.82) is 0 Å². The van der Waals surface area contributed by atoms with E-state index in [-0.39, 0.29) is 30.7 Å². The van der Waals surface area contributed by atoms with Crippen LogP contribution in [0.1, 0.15) is 43.5 Å². The van der Waals surface area contributed by atoms with Crippen molar-refractivity contribution < 1.29 is 46.2 Å². The highest BCUT2D eigenvalue weighted by Gasteiger charge is 2.28. The van der Waals surface area contributed by atoms with Gasteiger partial charge in [-0.15, -0.1) is 0 Å². The number of nitrogens with one attached hydrogen (secondary N) is 1. The summed E-state index contributed by atoms with van der Waals surface area (Å²) in [6, 6.07) is 7.58. The number of ether oxygens (including phenoxy) is 2. The molecule has 2 aromatic carbocycles. The summed E-state index contributed by atoms with van der Waals surface area (Å²) in [6.45, 7) is 3.52. The lowest BCUT2D eigenvalue weighted by Gasteiger charge is -2.20. The van der Waals surface area contributed by atoms with Gasteiger partial charge in [0.1, 0.15) is 6.04 Å². The van der Waals surface area contributed by atoms with E-state index >= 15 is 0 Å². The lowest BCUT2D eigenvalue weighted by Crippen LogP contribution is -2.43. The van der Waals surface area contributed by atoms with Gasteiger partial charge in [-0.3, -0.25) is 20.1 Å². The number of esters is 2. The molecule has 12 heteroatoms. The third-order valence-corrected chi connectivity index (χ3v) is 5.16. The topological polar surface area (TPSA) is 125 Å². The summed E-state index contributed by atoms with van der Waals surface area (Å²) in [5.41, 5.74) is 5.89. The molecular weight excluding hydrogens is 500 g/mol. The fraction of sp³-hybridized carbons (Fsp3) is 0.360. The Labute approximate surface area is 210 Å². The molecule has 0 bridgehead atoms. The average Bonchev–Trinajstić information content (AvgIpc) is 2.86. The first-order valence-corrected chi connectivity index (χ1v) is 11.3. The van der Waals surface area contributed by atoms with Gasteiger partial charge < -0.3 is 14.8 Å². The van der Waals surface area contributed by atoms with Crippen molar-refractivity contribution in [2.45, 2.75) is 45.4 Å². The van der Waals surface area contributed by atoms with Crippen molar-refractivity contribution in [3.8, 4) is 5.75 Å². The highest BCUT2D eigenvalue weighted by molar-refractivity contribution is 5.96. The molecule has 0 fully saturated rings. The molecule has 0 radical (unpaired) electrons. The van der Waals surface area contributed by atoms with Gasteiger partial charge in [0, 0.05) is 31.0 Å². The molecule has 0 aliphatic rings. The van der Waals surface area contributed by atoms with Crippen LogP contribution in [0.4, 0.5) is 17.6 Å². The second-order valence-corrected chi connectivity index (χ2v) is 8.31. The van der Waals surface area contributed by atoms with Crippen LogP contribution in [0.15, 0.2) is 36.4 Å². The third kappa shape index (κ3) is 8.46. The van der Waals surface area contributed by atoms with Crippen molar-refractivity contribution in [3.05, 3.63) is 65.2 Å². The van der Waals surface area contributed by atoms with Gasteiger partial charge in [0.15, 0.2) is 29.0 Å². The molecular formula is C25H26F4N2O6. The van der Waals surface area contributed by atoms with Gasteiger partial charge in [0.25, 0.3) is 0 Å². The molecule has 0 amide bonds. The summed E-state index contributed by atoms with van der Waals surface area (Å²) in [6.07, 6.45) is -3.25. The van der Waals surface area contributed by atoms with E-state index in [0.29, 0.717) is 5.56 Å². The Bertz CT molecular complexity index is 1120. The van der Waals surface area contributed by atoms with E-state index in [0.717, 1.165) is 0 Å². The molecule has 1 unspecified atom stereocenters. The van der Waals surface area contributed by atoms with Gasteiger partial charge in [-0.05, 0) is 5.92 Å². The molecule has 0 aromatic heterocycles. The summed E-state index contributed by atoms with van der Waals surface area (Å²) < 4.78 is 63.1. The number of hydrogen-bond donors (Lipinski definition) is 2. The molecule has 0 aliphatic carbocycles. The van der Waals surface area contributed by atoms with E-state index < -0.39 is 71.9 Å². The van der Waals surface area contributed by atoms with E-state index in [1.807, 2.05) is 0 Å². The zero-order valence-electron chi connectivity index (χ0n) is 20.1. The number of halogens is 4. The predicted molar refractivity (Wildman–Crippen MR) is 122 cm³/mol. The molecule has 2 atom stereocenters. The van der Waals surface area contributed by atoms with Gasteiger partial charge in [-0.2, -0.15) is 8.78 Å². The number of nitrogens with two attached hydrogens (primary N) is 1. The number of carbonyl (C=O) groups excluding carboxylic acids is 4. The smallest absolute Gasteiger partial charge is 0.331 e. The first-order valence-electron chi connectivity index (χ1n) is 11.3. The number of Topliss-reactive ketones (excluding diaryl/α,β-unsaturated/α-hetero) is 2. The Morgan fingerprint density at radius 1 is 0.919 bits per heavy atom. The standard InChI is InChI=1S/C25H26F4N2O6/c1-13(2)22(31-11-10-17(32)14-6-4-3-5-7-14)25(35)36-19(34)9-8-18(33)24(30)37-23-20(28)15(26)12-16(27)21(23)29/h3-7,12-13,22,24,31H,8-11,30H2,1-2H3/t22-,24?/m0/s1. The van der Waals surface area contributed by atoms with Gasteiger partial charge in [0.05, 0.1) is 6.42 Å². The Balaban J connectivity index is 1.84. The Morgan fingerprint density at radius 2 is 1.51 bits per heavy atom. The van der Waals surface area contributed by atoms with Crippen LogP contribution in [0.25, 0.3) is 0 Å². The second-order valence-electron chi connectivity index (χ2n) is 8.31. The Hall–Kier alpha value is -3.64. The van der Waals surface area contributed by atoms with Crippen molar-refractivity contribution in [2.75, 3.05) is 6.54 Å². The lowest BCUT2D eigenvalue weighted by molar-refractivity contribution is -0.162. The molecule has 0 saturated carbocycles. The average molecular weight is 526 g/mol. The number of rotatable bonds is 13. The molecule has 0 saturated heterocycles. The fourth-order valence-electron chi connectivity index (χ4n) is 3.14. The van der Waals surface area contributed by atoms with E-state index in [2.05, 4.69) is 10.1 Å². The fourth-order valence-corrected chi connectivity index (χ4v) is 3.14. The predicted octanol–water partition coefficient (Wildman–Crippen LogP) is 3.21. The maximum absolute atomic E-state index is 13.7. The van der Waals surface area contributed by atoms with E-state index in [4.69, 9.17) is 10.5 Å². The number of ketones is 2. The second kappa shape index (κ2) is 13.6. The minimum Gasteiger partial charge on any atom is -0.462 e. The van der Waals surface area contributed by atoms with Crippen molar-refractivity contribution in [2.24, 2.45) is 11.7 Å². The molecule has 37 heavy (non-hydrogen) atoms. The SMILES string of the molecule is CC(C)[C@H](NCCC(=O)c1ccccc1)C(=O)OC(=O)CCC(=O)C(N)Oc1c(F)c(F)cc(F)c1F. The number of hydrogen-bond acceptors (Lipinski definition) is 8. The van der Waals surface area contributed by atoms with Gasteiger partial charge in [-0.1, -0.05) is 44.2 Å². The number of carbonyl (C=O) groups is 4. The van der Waals surface area contributed by atoms with Crippen LogP contribution in [0, 0.1) is 29.2 Å². The minimum absolute atomic E-state index is 0.0433. The quantitative estimate of drug-likeness (QED) is 0.102. The largest absolute Gasteiger partial charge is 0.462 e. The van der Waals surface area contributed by atoms with Gasteiger partial charge in [0.2, 0.25) is 17.9 Å². The van der Waals surface area contributed by atoms with Crippen LogP contribution in [0.3, 0.4) is 0 Å². The Kier molecular flexibility index (Phi) is 10.9. The van der Waals surface area contributed by atoms with Crippen LogP contribution >= 0.6 is 0 Å². The first kappa shape index (κ1) is 29.6. The van der Waals surface area contributed by atoms with E-state index in [1.54, 1.807) is 44.2 Å². The highest BCUT2D eigenvalue weighted by Crippen LogP contribution is 2.27. The van der Waals surface area contributed by atoms with E-state index in [1.165, 1.54) is 0 Å². The molecule has 0 aliphatic heterocycles. The molecule has 2 aromatic rings. The normalized spacial score (nSPS) is 12.6. The minimum atomic E-state index is -2.05. The Morgan fingerprint density at radius 3 is 2.08 bits per heavy atom. The van der Waals surface area contributed by atoms with E-state index in [9.17, 15) is 36.7 Å². The number of benzene rings is 2. The molecule has 200 valence electrons. The molecule has 2 rings (SSSR count). The van der Waals surface area contributed by atoms with Crippen LogP contribution < -0.4 is 15.8 Å². The van der Waals surface area contributed by atoms with Gasteiger partial charge >= 0.3 is 11.9 Å². The van der Waals surface area contributed by atoms with Crippen molar-refractivity contribution in [3.63, 3.8) is 0 Å². The molecule has 0 heterocycles. The van der Waals surface area contributed by atoms with Crippen LogP contribution in [0.2, 0.25) is 0 Å². The summed E-state index contributed by atoms with van der Waals surface area (Å²) in [4.78, 5) is 48.7. The zero-order valence-corrected chi connectivity index (χ0v) is 20.1. The monoisotopic (exact) mass is 526 g/mol. The molecule has 3 N–H and O–H groups in total. The maximum atomic E-state index is 13.7.